The summed E-state index contributed by atoms with van der Waals surface area (Å²) in [5, 5.41) is 0. The molecule has 0 saturated carbocycles. The zero-order chi connectivity index (χ0) is 13.2. The number of aryl methyl sites for hydroxylation is 2. The lowest BCUT2D eigenvalue weighted by Gasteiger charge is -2.09. The first-order chi connectivity index (χ1) is 9.25. The summed E-state index contributed by atoms with van der Waals surface area (Å²) in [4.78, 5) is 15.6. The lowest BCUT2D eigenvalue weighted by atomic mass is 10.00. The third-order valence-electron chi connectivity index (χ3n) is 3.06. The largest absolute Gasteiger partial charge is 0.345 e. The van der Waals surface area contributed by atoms with E-state index in [1.54, 1.807) is 18.6 Å². The topological polar surface area (TPSA) is 54.5 Å². The van der Waals surface area contributed by atoms with Gasteiger partial charge in [-0.15, -0.1) is 0 Å². The van der Waals surface area contributed by atoms with Crippen molar-refractivity contribution in [3.8, 4) is 22.6 Å². The summed E-state index contributed by atoms with van der Waals surface area (Å²) in [7, 11) is 0. The molecule has 1 aromatic carbocycles. The van der Waals surface area contributed by atoms with Gasteiger partial charge in [0, 0.05) is 24.2 Å². The Morgan fingerprint density at radius 2 is 2.05 bits per heavy atom. The van der Waals surface area contributed by atoms with Crippen LogP contribution in [0.5, 0.6) is 0 Å². The van der Waals surface area contributed by atoms with Gasteiger partial charge >= 0.3 is 0 Å². The molecule has 0 spiro atoms. The third-order valence-corrected chi connectivity index (χ3v) is 3.06. The molecule has 0 aliphatic carbocycles. The van der Waals surface area contributed by atoms with E-state index in [4.69, 9.17) is 0 Å². The smallest absolute Gasteiger partial charge is 0.198 e. The van der Waals surface area contributed by atoms with Crippen LogP contribution in [-0.2, 0) is 0 Å². The number of nitrogens with one attached hydrogen (secondary N) is 1. The second kappa shape index (κ2) is 4.65. The van der Waals surface area contributed by atoms with Crippen molar-refractivity contribution in [3.63, 3.8) is 0 Å². The van der Waals surface area contributed by atoms with Crippen LogP contribution in [0.4, 0.5) is 0 Å². The molecule has 0 saturated heterocycles. The Hall–Kier alpha value is -2.49. The highest BCUT2D eigenvalue weighted by molar-refractivity contribution is 5.78. The molecule has 0 aliphatic heterocycles. The number of hydrogen-bond donors (Lipinski definition) is 1. The number of aromatic amines is 1. The number of H-pyrrole nitrogens is 1. The van der Waals surface area contributed by atoms with Crippen molar-refractivity contribution in [1.82, 2.24) is 19.9 Å². The normalized spacial score (nSPS) is 10.6. The first kappa shape index (κ1) is 11.6. The molecule has 4 heteroatoms. The molecule has 0 aliphatic rings. The van der Waals surface area contributed by atoms with Crippen molar-refractivity contribution in [1.29, 1.82) is 0 Å². The lowest BCUT2D eigenvalue weighted by Crippen LogP contribution is -1.94. The van der Waals surface area contributed by atoms with Gasteiger partial charge in [-0.1, -0.05) is 23.8 Å². The SMILES string of the molecule is Cc1ccc(-c2n[c]ncc2-c2ncc[nH]2)c(C)c1. The summed E-state index contributed by atoms with van der Waals surface area (Å²) in [5.41, 5.74) is 5.23. The van der Waals surface area contributed by atoms with Crippen LogP contribution in [-0.4, -0.2) is 19.9 Å². The van der Waals surface area contributed by atoms with E-state index in [2.05, 4.69) is 58.3 Å². The van der Waals surface area contributed by atoms with Crippen LogP contribution in [0.25, 0.3) is 22.6 Å². The standard InChI is InChI=1S/C15H13N4/c1-10-3-4-12(11(2)7-10)14-13(8-16-9-19-14)15-17-5-6-18-15/h3-8H,1-2H3,(H,17,18). The van der Waals surface area contributed by atoms with Gasteiger partial charge in [0.1, 0.15) is 5.82 Å². The second-order valence-electron chi connectivity index (χ2n) is 4.49. The maximum atomic E-state index is 4.30. The molecule has 0 unspecified atom stereocenters. The minimum absolute atomic E-state index is 0.768. The fourth-order valence-electron chi connectivity index (χ4n) is 2.16. The van der Waals surface area contributed by atoms with E-state index in [-0.39, 0.29) is 0 Å². The molecular formula is C15H13N4. The molecule has 2 aromatic heterocycles. The number of hydrogen-bond acceptors (Lipinski definition) is 3. The minimum Gasteiger partial charge on any atom is -0.345 e. The van der Waals surface area contributed by atoms with Crippen molar-refractivity contribution < 1.29 is 0 Å². The summed E-state index contributed by atoms with van der Waals surface area (Å²) >= 11 is 0. The van der Waals surface area contributed by atoms with Gasteiger partial charge < -0.3 is 4.98 Å². The summed E-state index contributed by atoms with van der Waals surface area (Å²) in [6.45, 7) is 4.16. The minimum atomic E-state index is 0.768. The number of aromatic nitrogens is 4. The van der Waals surface area contributed by atoms with E-state index in [9.17, 15) is 0 Å². The highest BCUT2D eigenvalue weighted by atomic mass is 14.9. The molecule has 3 rings (SSSR count). The highest BCUT2D eigenvalue weighted by Gasteiger charge is 2.12. The number of rotatable bonds is 2. The molecule has 0 bridgehead atoms. The zero-order valence-corrected chi connectivity index (χ0v) is 10.8. The molecular weight excluding hydrogens is 236 g/mol. The Labute approximate surface area is 111 Å². The number of benzene rings is 1. The Balaban J connectivity index is 2.21. The fourth-order valence-corrected chi connectivity index (χ4v) is 2.16. The van der Waals surface area contributed by atoms with Gasteiger partial charge in [0.25, 0.3) is 0 Å². The van der Waals surface area contributed by atoms with Crippen molar-refractivity contribution >= 4 is 0 Å². The predicted molar refractivity (Wildman–Crippen MR) is 73.4 cm³/mol. The van der Waals surface area contributed by atoms with Crippen LogP contribution in [0.15, 0.2) is 36.8 Å². The Morgan fingerprint density at radius 1 is 1.16 bits per heavy atom. The van der Waals surface area contributed by atoms with Crippen LogP contribution < -0.4 is 0 Å². The van der Waals surface area contributed by atoms with Gasteiger partial charge in [-0.25, -0.2) is 15.0 Å². The van der Waals surface area contributed by atoms with E-state index >= 15 is 0 Å². The third kappa shape index (κ3) is 2.12. The molecule has 1 N–H and O–H groups in total. The van der Waals surface area contributed by atoms with Crippen LogP contribution in [0.2, 0.25) is 0 Å². The van der Waals surface area contributed by atoms with Crippen molar-refractivity contribution in [2.75, 3.05) is 0 Å². The van der Waals surface area contributed by atoms with E-state index < -0.39 is 0 Å². The van der Waals surface area contributed by atoms with E-state index in [0.29, 0.717) is 0 Å². The summed E-state index contributed by atoms with van der Waals surface area (Å²) in [6.07, 6.45) is 7.91. The molecule has 93 valence electrons. The van der Waals surface area contributed by atoms with Crippen LogP contribution in [0, 0.1) is 20.2 Å². The van der Waals surface area contributed by atoms with Gasteiger partial charge in [-0.2, -0.15) is 0 Å². The Kier molecular flexibility index (Phi) is 2.83. The quantitative estimate of drug-likeness (QED) is 0.759. The zero-order valence-electron chi connectivity index (χ0n) is 10.8. The van der Waals surface area contributed by atoms with Crippen LogP contribution in [0.1, 0.15) is 11.1 Å². The van der Waals surface area contributed by atoms with Gasteiger partial charge in [0.05, 0.1) is 11.3 Å². The number of nitrogens with zero attached hydrogens (tertiary/aromatic N) is 3. The average Bonchev–Trinajstić information content (AvgIpc) is 2.93. The van der Waals surface area contributed by atoms with Crippen LogP contribution in [0.3, 0.4) is 0 Å². The van der Waals surface area contributed by atoms with Crippen molar-refractivity contribution in [2.24, 2.45) is 0 Å². The average molecular weight is 249 g/mol. The predicted octanol–water partition coefficient (Wildman–Crippen LogP) is 2.95. The summed E-state index contributed by atoms with van der Waals surface area (Å²) < 4.78 is 0. The molecule has 4 nitrogen and oxygen atoms in total. The molecule has 0 amide bonds. The second-order valence-corrected chi connectivity index (χ2v) is 4.49. The van der Waals surface area contributed by atoms with E-state index in [1.807, 2.05) is 0 Å². The Morgan fingerprint density at radius 3 is 2.79 bits per heavy atom. The van der Waals surface area contributed by atoms with Gasteiger partial charge in [-0.05, 0) is 19.4 Å². The molecule has 0 atom stereocenters. The van der Waals surface area contributed by atoms with Crippen molar-refractivity contribution in [3.05, 3.63) is 54.2 Å². The maximum Gasteiger partial charge on any atom is 0.198 e. The highest BCUT2D eigenvalue weighted by Crippen LogP contribution is 2.29. The first-order valence-corrected chi connectivity index (χ1v) is 6.06. The fraction of sp³-hybridized carbons (Fsp3) is 0.133. The van der Waals surface area contributed by atoms with Gasteiger partial charge in [0.2, 0.25) is 0 Å². The molecule has 0 fully saturated rings. The monoisotopic (exact) mass is 249 g/mol. The van der Waals surface area contributed by atoms with Crippen molar-refractivity contribution in [2.45, 2.75) is 13.8 Å². The summed E-state index contributed by atoms with van der Waals surface area (Å²) in [6, 6.07) is 6.30. The molecule has 1 radical (unpaired) electrons. The maximum absolute atomic E-state index is 4.30. The van der Waals surface area contributed by atoms with E-state index in [0.717, 1.165) is 22.6 Å². The molecule has 19 heavy (non-hydrogen) atoms. The summed E-state index contributed by atoms with van der Waals surface area (Å²) in [5.74, 6) is 0.768. The number of imidazole rings is 1. The van der Waals surface area contributed by atoms with Gasteiger partial charge in [0.15, 0.2) is 6.33 Å². The molecule has 3 aromatic rings. The first-order valence-electron chi connectivity index (χ1n) is 6.06. The van der Waals surface area contributed by atoms with E-state index in [1.165, 1.54) is 11.1 Å². The lowest BCUT2D eigenvalue weighted by molar-refractivity contribution is 1.13. The Bertz CT molecular complexity index is 702. The van der Waals surface area contributed by atoms with Crippen LogP contribution >= 0.6 is 0 Å². The van der Waals surface area contributed by atoms with Gasteiger partial charge in [-0.3, -0.25) is 0 Å². The molecule has 2 heterocycles.